The Labute approximate surface area is 109 Å². The van der Waals surface area contributed by atoms with Crippen LogP contribution in [0.2, 0.25) is 0 Å². The Morgan fingerprint density at radius 2 is 2.11 bits per heavy atom. The largest absolute Gasteiger partial charge is 0.491 e. The number of aryl methyl sites for hydroxylation is 2. The molecule has 0 aliphatic heterocycles. The molecule has 1 aromatic carbocycles. The summed E-state index contributed by atoms with van der Waals surface area (Å²) in [5.41, 5.74) is 2.49. The van der Waals surface area contributed by atoms with Gasteiger partial charge in [0.05, 0.1) is 6.04 Å². The van der Waals surface area contributed by atoms with Crippen molar-refractivity contribution in [3.63, 3.8) is 0 Å². The fourth-order valence-electron chi connectivity index (χ4n) is 1.77. The Balaban J connectivity index is 1.79. The fourth-order valence-corrected chi connectivity index (χ4v) is 1.77. The van der Waals surface area contributed by atoms with E-state index >= 15 is 0 Å². The zero-order valence-corrected chi connectivity index (χ0v) is 11.3. The predicted octanol–water partition coefficient (Wildman–Crippen LogP) is 2.60. The van der Waals surface area contributed by atoms with Crippen LogP contribution in [0.4, 0.5) is 0 Å². The van der Waals surface area contributed by atoms with Gasteiger partial charge < -0.3 is 10.1 Å². The molecule has 1 saturated carbocycles. The third kappa shape index (κ3) is 3.49. The zero-order valence-electron chi connectivity index (χ0n) is 11.3. The number of rotatable bonds is 5. The van der Waals surface area contributed by atoms with Crippen LogP contribution in [0.1, 0.15) is 30.9 Å². The van der Waals surface area contributed by atoms with Crippen LogP contribution in [-0.4, -0.2) is 18.6 Å². The van der Waals surface area contributed by atoms with E-state index in [9.17, 15) is 4.79 Å². The molecular weight excluding hydrogens is 226 g/mol. The first-order valence-corrected chi connectivity index (χ1v) is 6.56. The average molecular weight is 247 g/mol. The Hall–Kier alpha value is -1.51. The smallest absolute Gasteiger partial charge is 0.223 e. The van der Waals surface area contributed by atoms with Gasteiger partial charge in [-0.25, -0.2) is 0 Å². The SMILES string of the molecule is Cc1ccc(OCC(C)NC(=O)C2CC2)cc1C. The molecule has 0 radical (unpaired) electrons. The van der Waals surface area contributed by atoms with E-state index < -0.39 is 0 Å². The lowest BCUT2D eigenvalue weighted by atomic mass is 10.1. The molecule has 1 fully saturated rings. The first-order valence-electron chi connectivity index (χ1n) is 6.56. The third-order valence-electron chi connectivity index (χ3n) is 3.32. The summed E-state index contributed by atoms with van der Waals surface area (Å²) in [6.07, 6.45) is 2.08. The Bertz CT molecular complexity index is 438. The van der Waals surface area contributed by atoms with Gasteiger partial charge in [0, 0.05) is 5.92 Å². The molecule has 1 unspecified atom stereocenters. The van der Waals surface area contributed by atoms with Crippen molar-refractivity contribution in [2.75, 3.05) is 6.61 Å². The third-order valence-corrected chi connectivity index (χ3v) is 3.32. The van der Waals surface area contributed by atoms with Gasteiger partial charge in [-0.1, -0.05) is 6.07 Å². The van der Waals surface area contributed by atoms with Crippen molar-refractivity contribution >= 4 is 5.91 Å². The highest BCUT2D eigenvalue weighted by atomic mass is 16.5. The van der Waals surface area contributed by atoms with Gasteiger partial charge in [-0.3, -0.25) is 4.79 Å². The van der Waals surface area contributed by atoms with E-state index in [4.69, 9.17) is 4.74 Å². The highest BCUT2D eigenvalue weighted by molar-refractivity contribution is 5.81. The van der Waals surface area contributed by atoms with Gasteiger partial charge in [0.2, 0.25) is 5.91 Å². The van der Waals surface area contributed by atoms with Gasteiger partial charge in [-0.15, -0.1) is 0 Å². The monoisotopic (exact) mass is 247 g/mol. The molecule has 1 aliphatic rings. The van der Waals surface area contributed by atoms with Gasteiger partial charge in [-0.05, 0) is 56.9 Å². The summed E-state index contributed by atoms with van der Waals surface area (Å²) in [6, 6.07) is 6.11. The summed E-state index contributed by atoms with van der Waals surface area (Å²) in [5, 5.41) is 2.97. The first-order chi connectivity index (χ1) is 8.56. The number of carbonyl (C=O) groups excluding carboxylic acids is 1. The van der Waals surface area contributed by atoms with E-state index in [0.717, 1.165) is 18.6 Å². The Kier molecular flexibility index (Phi) is 3.90. The van der Waals surface area contributed by atoms with Gasteiger partial charge in [0.1, 0.15) is 12.4 Å². The van der Waals surface area contributed by atoms with Gasteiger partial charge in [-0.2, -0.15) is 0 Å². The second-order valence-electron chi connectivity index (χ2n) is 5.24. The maximum atomic E-state index is 11.6. The van der Waals surface area contributed by atoms with Crippen LogP contribution in [-0.2, 0) is 4.79 Å². The van der Waals surface area contributed by atoms with Crippen molar-refractivity contribution < 1.29 is 9.53 Å². The molecule has 1 aliphatic carbocycles. The summed E-state index contributed by atoms with van der Waals surface area (Å²) in [4.78, 5) is 11.6. The van der Waals surface area contributed by atoms with Crippen molar-refractivity contribution in [3.8, 4) is 5.75 Å². The van der Waals surface area contributed by atoms with Crippen LogP contribution in [0.15, 0.2) is 18.2 Å². The number of nitrogens with one attached hydrogen (secondary N) is 1. The molecule has 18 heavy (non-hydrogen) atoms. The molecule has 1 amide bonds. The van der Waals surface area contributed by atoms with E-state index in [-0.39, 0.29) is 17.9 Å². The molecule has 0 spiro atoms. The predicted molar refractivity (Wildman–Crippen MR) is 71.7 cm³/mol. The topological polar surface area (TPSA) is 38.3 Å². The minimum Gasteiger partial charge on any atom is -0.491 e. The lowest BCUT2D eigenvalue weighted by molar-refractivity contribution is -0.123. The standard InChI is InChI=1S/C15H21NO2/c1-10-4-7-14(8-11(10)2)18-9-12(3)16-15(17)13-5-6-13/h4,7-8,12-13H,5-6,9H2,1-3H3,(H,16,17). The van der Waals surface area contributed by atoms with Crippen molar-refractivity contribution in [2.24, 2.45) is 5.92 Å². The van der Waals surface area contributed by atoms with E-state index in [1.165, 1.54) is 11.1 Å². The highest BCUT2D eigenvalue weighted by Gasteiger charge is 2.30. The van der Waals surface area contributed by atoms with Crippen LogP contribution >= 0.6 is 0 Å². The van der Waals surface area contributed by atoms with Gasteiger partial charge >= 0.3 is 0 Å². The van der Waals surface area contributed by atoms with Crippen LogP contribution in [0, 0.1) is 19.8 Å². The first kappa shape index (κ1) is 12.9. The number of amides is 1. The summed E-state index contributed by atoms with van der Waals surface area (Å²) in [7, 11) is 0. The molecule has 2 rings (SSSR count). The average Bonchev–Trinajstić information content (AvgIpc) is 3.14. The normalized spacial score (nSPS) is 16.2. The molecule has 3 nitrogen and oxygen atoms in total. The lowest BCUT2D eigenvalue weighted by Crippen LogP contribution is -2.37. The molecular formula is C15H21NO2. The van der Waals surface area contributed by atoms with E-state index in [1.807, 2.05) is 19.1 Å². The zero-order chi connectivity index (χ0) is 13.1. The minimum absolute atomic E-state index is 0.0553. The van der Waals surface area contributed by atoms with E-state index in [2.05, 4.69) is 25.2 Å². The van der Waals surface area contributed by atoms with Crippen molar-refractivity contribution in [2.45, 2.75) is 39.7 Å². The fraction of sp³-hybridized carbons (Fsp3) is 0.533. The molecule has 3 heteroatoms. The lowest BCUT2D eigenvalue weighted by Gasteiger charge is -2.15. The molecule has 1 N–H and O–H groups in total. The second kappa shape index (κ2) is 5.42. The quantitative estimate of drug-likeness (QED) is 0.868. The minimum atomic E-state index is 0.0553. The maximum Gasteiger partial charge on any atom is 0.223 e. The van der Waals surface area contributed by atoms with Gasteiger partial charge in [0.25, 0.3) is 0 Å². The number of carbonyl (C=O) groups is 1. The summed E-state index contributed by atoms with van der Waals surface area (Å²) >= 11 is 0. The summed E-state index contributed by atoms with van der Waals surface area (Å²) in [5.74, 6) is 1.30. The van der Waals surface area contributed by atoms with E-state index in [0.29, 0.717) is 6.61 Å². The molecule has 0 aromatic heterocycles. The van der Waals surface area contributed by atoms with Crippen LogP contribution in [0.5, 0.6) is 5.75 Å². The van der Waals surface area contributed by atoms with Crippen LogP contribution < -0.4 is 10.1 Å². The Morgan fingerprint density at radius 1 is 1.39 bits per heavy atom. The number of hydrogen-bond donors (Lipinski definition) is 1. The van der Waals surface area contributed by atoms with Crippen LogP contribution in [0.25, 0.3) is 0 Å². The number of hydrogen-bond acceptors (Lipinski definition) is 2. The van der Waals surface area contributed by atoms with Crippen molar-refractivity contribution in [1.82, 2.24) is 5.32 Å². The van der Waals surface area contributed by atoms with E-state index in [1.54, 1.807) is 0 Å². The molecule has 0 heterocycles. The second-order valence-corrected chi connectivity index (χ2v) is 5.24. The molecule has 1 atom stereocenters. The highest BCUT2D eigenvalue weighted by Crippen LogP contribution is 2.28. The molecule has 1 aromatic rings. The summed E-state index contributed by atoms with van der Waals surface area (Å²) in [6.45, 7) is 6.64. The number of ether oxygens (including phenoxy) is 1. The maximum absolute atomic E-state index is 11.6. The summed E-state index contributed by atoms with van der Waals surface area (Å²) < 4.78 is 5.69. The molecule has 0 bridgehead atoms. The number of benzene rings is 1. The molecule has 0 saturated heterocycles. The van der Waals surface area contributed by atoms with Crippen LogP contribution in [0.3, 0.4) is 0 Å². The van der Waals surface area contributed by atoms with Crippen molar-refractivity contribution in [1.29, 1.82) is 0 Å². The Morgan fingerprint density at radius 3 is 2.72 bits per heavy atom. The molecule has 98 valence electrons. The van der Waals surface area contributed by atoms with Crippen molar-refractivity contribution in [3.05, 3.63) is 29.3 Å². The van der Waals surface area contributed by atoms with Gasteiger partial charge in [0.15, 0.2) is 0 Å².